The lowest BCUT2D eigenvalue weighted by Crippen LogP contribution is -1.99. The maximum absolute atomic E-state index is 10.1. The van der Waals surface area contributed by atoms with Crippen LogP contribution in [-0.2, 0) is 6.42 Å². The molecule has 0 bridgehead atoms. The Bertz CT molecular complexity index is 1070. The van der Waals surface area contributed by atoms with E-state index in [-0.39, 0.29) is 5.75 Å². The van der Waals surface area contributed by atoms with Gasteiger partial charge in [-0.2, -0.15) is 0 Å². The van der Waals surface area contributed by atoms with E-state index in [0.717, 1.165) is 54.7 Å². The van der Waals surface area contributed by atoms with Gasteiger partial charge in [-0.3, -0.25) is 0 Å². The Morgan fingerprint density at radius 1 is 0.750 bits per heavy atom. The molecule has 32 heavy (non-hydrogen) atoms. The van der Waals surface area contributed by atoms with Crippen LogP contribution in [0.2, 0.25) is 0 Å². The second-order valence-electron chi connectivity index (χ2n) is 8.22. The number of halogens is 1. The molecule has 0 aliphatic heterocycles. The van der Waals surface area contributed by atoms with Crippen molar-refractivity contribution >= 4 is 33.7 Å². The number of unbranched alkanes of at least 4 members (excludes halogenated alkanes) is 2. The first kappa shape index (κ1) is 22.7. The maximum atomic E-state index is 10.1. The van der Waals surface area contributed by atoms with Crippen LogP contribution in [0.4, 0.5) is 0 Å². The van der Waals surface area contributed by atoms with E-state index >= 15 is 0 Å². The second-order valence-corrected chi connectivity index (χ2v) is 9.30. The van der Waals surface area contributed by atoms with Crippen molar-refractivity contribution in [2.75, 3.05) is 11.0 Å². The first-order chi connectivity index (χ1) is 15.7. The Hall–Kier alpha value is -2.47. The van der Waals surface area contributed by atoms with Gasteiger partial charge in [0.1, 0.15) is 17.2 Å². The van der Waals surface area contributed by atoms with Gasteiger partial charge in [0.05, 0.1) is 6.61 Å². The van der Waals surface area contributed by atoms with Gasteiger partial charge in [0.15, 0.2) is 0 Å². The monoisotopic (exact) mass is 540 g/mol. The van der Waals surface area contributed by atoms with Gasteiger partial charge in [-0.05, 0) is 113 Å². The van der Waals surface area contributed by atoms with E-state index in [1.165, 1.54) is 34.0 Å². The molecule has 1 aliphatic rings. The van der Waals surface area contributed by atoms with Crippen molar-refractivity contribution in [2.24, 2.45) is 0 Å². The second kappa shape index (κ2) is 10.9. The van der Waals surface area contributed by atoms with Crippen LogP contribution in [0.25, 0.3) is 11.1 Å². The average molecular weight is 540 g/mol. The maximum Gasteiger partial charge on any atom is 0.119 e. The number of allylic oxidation sites excluding steroid dienone is 1. The van der Waals surface area contributed by atoms with E-state index in [1.54, 1.807) is 18.2 Å². The Kier molecular flexibility index (Phi) is 7.74. The lowest BCUT2D eigenvalue weighted by atomic mass is 9.88. The molecule has 4 rings (SSSR count). The zero-order valence-corrected chi connectivity index (χ0v) is 20.3. The molecule has 0 aromatic heterocycles. The third-order valence-electron chi connectivity index (χ3n) is 5.94. The number of fused-ring (bicyclic) bond motifs is 1. The Labute approximate surface area is 203 Å². The summed E-state index contributed by atoms with van der Waals surface area (Å²) in [6.45, 7) is 0.750. The molecule has 0 fully saturated rings. The number of alkyl halides is 1. The smallest absolute Gasteiger partial charge is 0.119 e. The minimum atomic E-state index is 0.273. The molecule has 4 heteroatoms. The normalized spacial score (nSPS) is 13.5. The molecule has 3 aromatic carbocycles. The fourth-order valence-corrected chi connectivity index (χ4v) is 4.88. The molecule has 2 N–H and O–H groups in total. The predicted molar refractivity (Wildman–Crippen MR) is 140 cm³/mol. The fourth-order valence-electron chi connectivity index (χ4n) is 4.34. The minimum absolute atomic E-state index is 0.273. The third-order valence-corrected chi connectivity index (χ3v) is 6.70. The first-order valence-corrected chi connectivity index (χ1v) is 12.8. The average Bonchev–Trinajstić information content (AvgIpc) is 2.99. The molecule has 3 nitrogen and oxygen atoms in total. The SMILES string of the molecule is Oc1ccc(C2=C(c3ccc(OCCCCCI)cc3)c3ccc(O)cc3CCC2)cc1. The quantitative estimate of drug-likeness (QED) is 0.178. The molecule has 0 spiro atoms. The van der Waals surface area contributed by atoms with Crippen molar-refractivity contribution in [2.45, 2.75) is 38.5 Å². The van der Waals surface area contributed by atoms with E-state index in [1.807, 2.05) is 24.3 Å². The number of aryl methyl sites for hydroxylation is 1. The van der Waals surface area contributed by atoms with Crippen molar-refractivity contribution in [3.05, 3.63) is 89.0 Å². The van der Waals surface area contributed by atoms with Crippen molar-refractivity contribution in [1.29, 1.82) is 0 Å². The standard InChI is InChI=1S/C28H29IO3/c29-17-2-1-3-18-32-25-14-9-21(10-15-25)28-26(20-7-11-23(30)12-8-20)6-4-5-22-19-24(31)13-16-27(22)28/h7-16,19,30-31H,1-6,17-18H2. The molecule has 166 valence electrons. The molecule has 3 aromatic rings. The topological polar surface area (TPSA) is 49.7 Å². The van der Waals surface area contributed by atoms with Crippen LogP contribution in [0.3, 0.4) is 0 Å². The number of rotatable bonds is 8. The summed E-state index contributed by atoms with van der Waals surface area (Å²) in [6.07, 6.45) is 6.39. The molecule has 0 unspecified atom stereocenters. The van der Waals surface area contributed by atoms with Crippen LogP contribution < -0.4 is 4.74 Å². The number of phenols is 2. The van der Waals surface area contributed by atoms with Crippen LogP contribution in [-0.4, -0.2) is 21.2 Å². The molecule has 0 atom stereocenters. The van der Waals surface area contributed by atoms with Gasteiger partial charge in [-0.1, -0.05) is 52.9 Å². The summed E-state index contributed by atoms with van der Waals surface area (Å²) in [5.74, 6) is 1.48. The van der Waals surface area contributed by atoms with Crippen LogP contribution >= 0.6 is 22.6 Å². The molecule has 0 heterocycles. The summed E-state index contributed by atoms with van der Waals surface area (Å²) in [6, 6.07) is 21.6. The van der Waals surface area contributed by atoms with E-state index < -0.39 is 0 Å². The number of phenolic OH excluding ortho intramolecular Hbond substituents is 2. The van der Waals surface area contributed by atoms with Crippen LogP contribution in [0.1, 0.15) is 54.4 Å². The van der Waals surface area contributed by atoms with E-state index in [0.29, 0.717) is 5.75 Å². The lowest BCUT2D eigenvalue weighted by molar-refractivity contribution is 0.306. The summed E-state index contributed by atoms with van der Waals surface area (Å²) in [5, 5.41) is 19.8. The summed E-state index contributed by atoms with van der Waals surface area (Å²) in [5.41, 5.74) is 7.05. The Balaban J connectivity index is 1.70. The number of hydrogen-bond acceptors (Lipinski definition) is 3. The molecule has 1 aliphatic carbocycles. The molecule has 0 saturated carbocycles. The van der Waals surface area contributed by atoms with E-state index in [4.69, 9.17) is 4.74 Å². The highest BCUT2D eigenvalue weighted by Crippen LogP contribution is 2.41. The zero-order chi connectivity index (χ0) is 22.3. The molecular formula is C28H29IO3. The van der Waals surface area contributed by atoms with Gasteiger partial charge in [0.25, 0.3) is 0 Å². The molecule has 0 amide bonds. The predicted octanol–water partition coefficient (Wildman–Crippen LogP) is 7.38. The summed E-state index contributed by atoms with van der Waals surface area (Å²) in [4.78, 5) is 0. The van der Waals surface area contributed by atoms with Crippen LogP contribution in [0.5, 0.6) is 17.2 Å². The molecular weight excluding hydrogens is 511 g/mol. The lowest BCUT2D eigenvalue weighted by Gasteiger charge is -2.17. The summed E-state index contributed by atoms with van der Waals surface area (Å²) in [7, 11) is 0. The van der Waals surface area contributed by atoms with Gasteiger partial charge in [0.2, 0.25) is 0 Å². The summed E-state index contributed by atoms with van der Waals surface area (Å²) >= 11 is 2.42. The third kappa shape index (κ3) is 5.47. The van der Waals surface area contributed by atoms with E-state index in [9.17, 15) is 10.2 Å². The number of benzene rings is 3. The molecule has 0 saturated heterocycles. The highest BCUT2D eigenvalue weighted by molar-refractivity contribution is 14.1. The van der Waals surface area contributed by atoms with Crippen LogP contribution in [0.15, 0.2) is 66.7 Å². The van der Waals surface area contributed by atoms with E-state index in [2.05, 4.69) is 46.9 Å². The van der Waals surface area contributed by atoms with Crippen LogP contribution in [0, 0.1) is 0 Å². The number of hydrogen-bond donors (Lipinski definition) is 2. The summed E-state index contributed by atoms with van der Waals surface area (Å²) < 4.78 is 7.15. The van der Waals surface area contributed by atoms with Gasteiger partial charge >= 0.3 is 0 Å². The number of ether oxygens (including phenoxy) is 1. The fraction of sp³-hybridized carbons (Fsp3) is 0.286. The van der Waals surface area contributed by atoms with Crippen molar-refractivity contribution in [3.63, 3.8) is 0 Å². The zero-order valence-electron chi connectivity index (χ0n) is 18.2. The van der Waals surface area contributed by atoms with Crippen molar-refractivity contribution < 1.29 is 14.9 Å². The molecule has 0 radical (unpaired) electrons. The number of aromatic hydroxyl groups is 2. The van der Waals surface area contributed by atoms with Crippen molar-refractivity contribution in [1.82, 2.24) is 0 Å². The first-order valence-electron chi connectivity index (χ1n) is 11.3. The van der Waals surface area contributed by atoms with Crippen molar-refractivity contribution in [3.8, 4) is 17.2 Å². The van der Waals surface area contributed by atoms with Gasteiger partial charge < -0.3 is 14.9 Å². The van der Waals surface area contributed by atoms with Gasteiger partial charge in [-0.15, -0.1) is 0 Å². The largest absolute Gasteiger partial charge is 0.508 e. The Morgan fingerprint density at radius 2 is 1.47 bits per heavy atom. The van der Waals surface area contributed by atoms with Gasteiger partial charge in [-0.25, -0.2) is 0 Å². The Morgan fingerprint density at radius 3 is 2.22 bits per heavy atom. The highest BCUT2D eigenvalue weighted by atomic mass is 127. The van der Waals surface area contributed by atoms with Gasteiger partial charge in [0, 0.05) is 0 Å². The highest BCUT2D eigenvalue weighted by Gasteiger charge is 2.20. The minimum Gasteiger partial charge on any atom is -0.508 e.